The molecule has 0 atom stereocenters. The van der Waals surface area contributed by atoms with Gasteiger partial charge in [0, 0.05) is 35.3 Å². The summed E-state index contributed by atoms with van der Waals surface area (Å²) in [5, 5.41) is 21.2. The van der Waals surface area contributed by atoms with Crippen molar-refractivity contribution in [3.63, 3.8) is 0 Å². The fraction of sp³-hybridized carbons (Fsp3) is 0. The molecule has 158 valence electrons. The van der Waals surface area contributed by atoms with Crippen LogP contribution in [0, 0.1) is 0 Å². The maximum absolute atomic E-state index is 9.85. The Bertz CT molecular complexity index is 1370. The number of rotatable bonds is 4. The van der Waals surface area contributed by atoms with Gasteiger partial charge in [-0.3, -0.25) is 9.97 Å². The number of phenols is 2. The predicted molar refractivity (Wildman–Crippen MR) is 122 cm³/mol. The van der Waals surface area contributed by atoms with Crippen LogP contribution in [0.3, 0.4) is 0 Å². The van der Waals surface area contributed by atoms with Gasteiger partial charge in [-0.15, -0.1) is 0 Å². The van der Waals surface area contributed by atoms with Crippen LogP contribution in [0.1, 0.15) is 0 Å². The Morgan fingerprint density at radius 3 is 1.44 bits per heavy atom. The average molecular weight is 426 g/mol. The summed E-state index contributed by atoms with van der Waals surface area (Å²) in [5.74, 6) is 1.89. The first-order valence-corrected chi connectivity index (χ1v) is 9.69. The molecule has 0 fully saturated rings. The summed E-state index contributed by atoms with van der Waals surface area (Å²) in [5.41, 5.74) is 13.1. The van der Waals surface area contributed by atoms with Crippen LogP contribution in [0.15, 0.2) is 73.1 Å². The van der Waals surface area contributed by atoms with Crippen LogP contribution in [-0.4, -0.2) is 20.2 Å². The molecule has 0 saturated carbocycles. The van der Waals surface area contributed by atoms with Gasteiger partial charge in [-0.1, -0.05) is 0 Å². The minimum atomic E-state index is -0.0523. The van der Waals surface area contributed by atoms with Gasteiger partial charge in [-0.05, 0) is 48.5 Å². The monoisotopic (exact) mass is 426 g/mol. The maximum Gasteiger partial charge on any atom is 0.142 e. The quantitative estimate of drug-likeness (QED) is 0.180. The highest BCUT2D eigenvalue weighted by atomic mass is 16.5. The van der Waals surface area contributed by atoms with E-state index >= 15 is 0 Å². The Morgan fingerprint density at radius 1 is 0.594 bits per heavy atom. The van der Waals surface area contributed by atoms with Gasteiger partial charge in [0.2, 0.25) is 0 Å². The van der Waals surface area contributed by atoms with Gasteiger partial charge >= 0.3 is 0 Å². The van der Waals surface area contributed by atoms with Gasteiger partial charge < -0.3 is 31.2 Å². The molecule has 0 aliphatic rings. The summed E-state index contributed by atoms with van der Waals surface area (Å²) in [6.07, 6.45) is 3.25. The predicted octanol–water partition coefficient (Wildman–Crippen LogP) is 4.94. The molecule has 0 unspecified atom stereocenters. The third kappa shape index (κ3) is 3.39. The number of hydrogen-bond donors (Lipinski definition) is 4. The van der Waals surface area contributed by atoms with E-state index in [4.69, 9.17) is 20.9 Å². The highest BCUT2D eigenvalue weighted by molar-refractivity contribution is 6.06. The average Bonchev–Trinajstić information content (AvgIpc) is 2.79. The lowest BCUT2D eigenvalue weighted by atomic mass is 10.1. The molecule has 0 spiro atoms. The third-order valence-electron chi connectivity index (χ3n) is 5.00. The van der Waals surface area contributed by atoms with E-state index < -0.39 is 0 Å². The lowest BCUT2D eigenvalue weighted by Gasteiger charge is -2.13. The maximum atomic E-state index is 9.85. The molecule has 0 radical (unpaired) electrons. The fourth-order valence-corrected chi connectivity index (χ4v) is 3.38. The van der Waals surface area contributed by atoms with E-state index in [1.54, 1.807) is 48.8 Å². The zero-order valence-corrected chi connectivity index (χ0v) is 16.7. The molecule has 6 N–H and O–H groups in total. The number of pyridine rings is 2. The number of nitrogen functional groups attached to an aromatic ring is 2. The van der Waals surface area contributed by atoms with Gasteiger partial charge in [0.1, 0.15) is 45.5 Å². The van der Waals surface area contributed by atoms with Crippen LogP contribution >= 0.6 is 0 Å². The summed E-state index contributed by atoms with van der Waals surface area (Å²) in [4.78, 5) is 8.99. The number of nitrogens with two attached hydrogens (primary N) is 2. The Hall–Kier alpha value is -4.72. The number of aromatic hydroxyl groups is 2. The van der Waals surface area contributed by atoms with E-state index in [0.29, 0.717) is 34.0 Å². The molecule has 0 saturated heterocycles. The third-order valence-corrected chi connectivity index (χ3v) is 5.00. The van der Waals surface area contributed by atoms with Crippen LogP contribution in [0.5, 0.6) is 34.5 Å². The number of hydrogen-bond acceptors (Lipinski definition) is 8. The molecule has 5 rings (SSSR count). The standard InChI is InChI=1S/C24H18N4O4/c25-17-5-1-13(11-19(17)29)31-21-7-9-27-23-15(21)3-4-16-22(8-10-28-24(16)23)32-14-2-6-18(26)20(30)12-14/h1-12,29-30H,25-26H2. The molecular weight excluding hydrogens is 408 g/mol. The second kappa shape index (κ2) is 7.51. The molecule has 5 aromatic rings. The van der Waals surface area contributed by atoms with E-state index in [1.165, 1.54) is 12.1 Å². The van der Waals surface area contributed by atoms with Crippen molar-refractivity contribution in [2.45, 2.75) is 0 Å². The van der Waals surface area contributed by atoms with Gasteiger partial charge in [0.25, 0.3) is 0 Å². The van der Waals surface area contributed by atoms with Gasteiger partial charge in [-0.2, -0.15) is 0 Å². The number of nitrogens with zero attached hydrogens (tertiary/aromatic N) is 2. The second-order valence-electron chi connectivity index (χ2n) is 7.12. The molecule has 0 amide bonds. The molecule has 8 nitrogen and oxygen atoms in total. The number of phenolic OH excluding ortho intramolecular Hbond substituents is 2. The molecule has 8 heteroatoms. The normalized spacial score (nSPS) is 11.0. The minimum Gasteiger partial charge on any atom is -0.506 e. The van der Waals surface area contributed by atoms with E-state index in [0.717, 1.165) is 10.8 Å². The van der Waals surface area contributed by atoms with Crippen molar-refractivity contribution in [3.05, 3.63) is 73.1 Å². The first-order valence-electron chi connectivity index (χ1n) is 9.69. The Balaban J connectivity index is 1.58. The number of aromatic nitrogens is 2. The number of benzene rings is 3. The van der Waals surface area contributed by atoms with E-state index in [2.05, 4.69) is 9.97 Å². The van der Waals surface area contributed by atoms with Crippen molar-refractivity contribution in [2.24, 2.45) is 0 Å². The van der Waals surface area contributed by atoms with Crippen molar-refractivity contribution in [1.29, 1.82) is 0 Å². The smallest absolute Gasteiger partial charge is 0.142 e. The molecule has 0 aliphatic carbocycles. The summed E-state index contributed by atoms with van der Waals surface area (Å²) in [6.45, 7) is 0. The lowest BCUT2D eigenvalue weighted by molar-refractivity contribution is 0.458. The van der Waals surface area contributed by atoms with Gasteiger partial charge in [0.15, 0.2) is 0 Å². The minimum absolute atomic E-state index is 0.0523. The summed E-state index contributed by atoms with van der Waals surface area (Å²) in [6, 6.07) is 16.6. The Labute approximate surface area is 182 Å². The van der Waals surface area contributed by atoms with Crippen LogP contribution in [0.2, 0.25) is 0 Å². The summed E-state index contributed by atoms with van der Waals surface area (Å²) in [7, 11) is 0. The number of ether oxygens (including phenoxy) is 2. The highest BCUT2D eigenvalue weighted by Gasteiger charge is 2.13. The van der Waals surface area contributed by atoms with Crippen LogP contribution in [0.4, 0.5) is 11.4 Å². The lowest BCUT2D eigenvalue weighted by Crippen LogP contribution is -1.93. The van der Waals surface area contributed by atoms with Crippen LogP contribution < -0.4 is 20.9 Å². The zero-order chi connectivity index (χ0) is 22.2. The van der Waals surface area contributed by atoms with E-state index in [1.807, 2.05) is 12.1 Å². The molecule has 0 bridgehead atoms. The second-order valence-corrected chi connectivity index (χ2v) is 7.12. The summed E-state index contributed by atoms with van der Waals surface area (Å²) < 4.78 is 11.9. The van der Waals surface area contributed by atoms with Crippen LogP contribution in [-0.2, 0) is 0 Å². The molecular formula is C24H18N4O4. The van der Waals surface area contributed by atoms with Crippen molar-refractivity contribution >= 4 is 33.2 Å². The molecule has 3 aromatic carbocycles. The van der Waals surface area contributed by atoms with Crippen molar-refractivity contribution in [2.75, 3.05) is 11.5 Å². The number of anilines is 2. The molecule has 0 aliphatic heterocycles. The first-order chi connectivity index (χ1) is 15.5. The van der Waals surface area contributed by atoms with Gasteiger partial charge in [0.05, 0.1) is 11.4 Å². The van der Waals surface area contributed by atoms with E-state index in [-0.39, 0.29) is 22.9 Å². The van der Waals surface area contributed by atoms with Crippen LogP contribution in [0.25, 0.3) is 21.8 Å². The SMILES string of the molecule is Nc1ccc(Oc2ccnc3c2ccc2c(Oc4ccc(N)c(O)c4)ccnc23)cc1O. The number of fused-ring (bicyclic) bond motifs is 3. The molecule has 2 aromatic heterocycles. The first kappa shape index (κ1) is 19.3. The summed E-state index contributed by atoms with van der Waals surface area (Å²) >= 11 is 0. The van der Waals surface area contributed by atoms with Crippen molar-refractivity contribution in [1.82, 2.24) is 9.97 Å². The largest absolute Gasteiger partial charge is 0.506 e. The molecule has 2 heterocycles. The highest BCUT2D eigenvalue weighted by Crippen LogP contribution is 2.38. The Morgan fingerprint density at radius 2 is 1.03 bits per heavy atom. The van der Waals surface area contributed by atoms with Gasteiger partial charge in [-0.25, -0.2) is 0 Å². The Kier molecular flexibility index (Phi) is 4.52. The van der Waals surface area contributed by atoms with Crippen molar-refractivity contribution in [3.8, 4) is 34.5 Å². The topological polar surface area (TPSA) is 137 Å². The zero-order valence-electron chi connectivity index (χ0n) is 16.7. The molecule has 32 heavy (non-hydrogen) atoms. The van der Waals surface area contributed by atoms with E-state index in [9.17, 15) is 10.2 Å². The fourth-order valence-electron chi connectivity index (χ4n) is 3.38. The van der Waals surface area contributed by atoms with Crippen molar-refractivity contribution < 1.29 is 19.7 Å².